The standard InChI is InChI=1S/C14H29N3O/c1-10(2)13(15)14(18)17(11(3)4)12-7-6-8-16(5)9-12/h10-13H,6-9,15H2,1-5H3. The molecule has 1 saturated heterocycles. The minimum Gasteiger partial charge on any atom is -0.335 e. The van der Waals surface area contributed by atoms with Crippen LogP contribution >= 0.6 is 0 Å². The topological polar surface area (TPSA) is 49.6 Å². The molecule has 1 aliphatic rings. The molecule has 4 nitrogen and oxygen atoms in total. The maximum absolute atomic E-state index is 12.5. The van der Waals surface area contributed by atoms with E-state index in [1.807, 2.05) is 18.7 Å². The Morgan fingerprint density at radius 2 is 1.94 bits per heavy atom. The number of carbonyl (C=O) groups is 1. The van der Waals surface area contributed by atoms with Crippen LogP contribution in [0.25, 0.3) is 0 Å². The van der Waals surface area contributed by atoms with Gasteiger partial charge in [0.05, 0.1) is 6.04 Å². The number of nitrogens with two attached hydrogens (primary N) is 1. The molecule has 2 N–H and O–H groups in total. The number of piperidine rings is 1. The minimum atomic E-state index is -0.375. The average molecular weight is 255 g/mol. The van der Waals surface area contributed by atoms with Crippen LogP contribution < -0.4 is 5.73 Å². The van der Waals surface area contributed by atoms with Gasteiger partial charge in [-0.15, -0.1) is 0 Å². The van der Waals surface area contributed by atoms with Crippen molar-refractivity contribution in [2.24, 2.45) is 11.7 Å². The highest BCUT2D eigenvalue weighted by molar-refractivity contribution is 5.82. The summed E-state index contributed by atoms with van der Waals surface area (Å²) < 4.78 is 0. The van der Waals surface area contributed by atoms with Crippen molar-refractivity contribution in [1.82, 2.24) is 9.80 Å². The first-order chi connectivity index (χ1) is 8.34. The highest BCUT2D eigenvalue weighted by atomic mass is 16.2. The first-order valence-electron chi connectivity index (χ1n) is 7.11. The molecule has 0 aliphatic carbocycles. The van der Waals surface area contributed by atoms with Gasteiger partial charge in [0.15, 0.2) is 0 Å². The highest BCUT2D eigenvalue weighted by Crippen LogP contribution is 2.19. The zero-order valence-corrected chi connectivity index (χ0v) is 12.5. The minimum absolute atomic E-state index is 0.111. The van der Waals surface area contributed by atoms with Crippen LogP contribution in [0.5, 0.6) is 0 Å². The lowest BCUT2D eigenvalue weighted by molar-refractivity contribution is -0.139. The van der Waals surface area contributed by atoms with Crippen molar-refractivity contribution in [3.8, 4) is 0 Å². The molecule has 4 heteroatoms. The fourth-order valence-electron chi connectivity index (χ4n) is 2.68. The van der Waals surface area contributed by atoms with Crippen LogP contribution in [-0.2, 0) is 4.79 Å². The Kier molecular flexibility index (Phi) is 5.60. The summed E-state index contributed by atoms with van der Waals surface area (Å²) >= 11 is 0. The smallest absolute Gasteiger partial charge is 0.240 e. The lowest BCUT2D eigenvalue weighted by Crippen LogP contribution is -2.57. The normalized spacial score (nSPS) is 23.4. The first kappa shape index (κ1) is 15.4. The lowest BCUT2D eigenvalue weighted by Gasteiger charge is -2.41. The SMILES string of the molecule is CC(C)C(N)C(=O)N(C(C)C)C1CCCN(C)C1. The van der Waals surface area contributed by atoms with E-state index in [1.165, 1.54) is 0 Å². The summed E-state index contributed by atoms with van der Waals surface area (Å²) in [4.78, 5) is 16.8. The Hall–Kier alpha value is -0.610. The zero-order chi connectivity index (χ0) is 13.9. The predicted molar refractivity (Wildman–Crippen MR) is 75.3 cm³/mol. The third kappa shape index (κ3) is 3.69. The molecule has 0 aromatic rings. The fraction of sp³-hybridized carbons (Fsp3) is 0.929. The summed E-state index contributed by atoms with van der Waals surface area (Å²) in [5.74, 6) is 0.306. The Balaban J connectivity index is 2.78. The molecule has 106 valence electrons. The van der Waals surface area contributed by atoms with E-state index in [4.69, 9.17) is 5.73 Å². The zero-order valence-electron chi connectivity index (χ0n) is 12.5. The Morgan fingerprint density at radius 1 is 1.33 bits per heavy atom. The van der Waals surface area contributed by atoms with Crippen LogP contribution in [0.1, 0.15) is 40.5 Å². The van der Waals surface area contributed by atoms with Gasteiger partial charge in [-0.2, -0.15) is 0 Å². The highest BCUT2D eigenvalue weighted by Gasteiger charge is 2.32. The molecule has 1 amide bonds. The van der Waals surface area contributed by atoms with Crippen LogP contribution in [0.15, 0.2) is 0 Å². The molecule has 1 aliphatic heterocycles. The number of rotatable bonds is 4. The summed E-state index contributed by atoms with van der Waals surface area (Å²) in [5.41, 5.74) is 6.04. The van der Waals surface area contributed by atoms with Gasteiger partial charge in [-0.25, -0.2) is 0 Å². The number of amides is 1. The molecule has 0 bridgehead atoms. The Bertz CT molecular complexity index is 278. The van der Waals surface area contributed by atoms with Gasteiger partial charge < -0.3 is 15.5 Å². The van der Waals surface area contributed by atoms with E-state index >= 15 is 0 Å². The van der Waals surface area contributed by atoms with E-state index in [0.29, 0.717) is 6.04 Å². The third-order valence-electron chi connectivity index (χ3n) is 3.81. The maximum Gasteiger partial charge on any atom is 0.240 e. The van der Waals surface area contributed by atoms with Gasteiger partial charge in [0.25, 0.3) is 0 Å². The molecule has 1 heterocycles. The first-order valence-corrected chi connectivity index (χ1v) is 7.11. The number of carbonyl (C=O) groups excluding carboxylic acids is 1. The van der Waals surface area contributed by atoms with E-state index in [2.05, 4.69) is 25.8 Å². The molecule has 2 atom stereocenters. The van der Waals surface area contributed by atoms with Gasteiger partial charge in [0.1, 0.15) is 0 Å². The lowest BCUT2D eigenvalue weighted by atomic mass is 9.98. The van der Waals surface area contributed by atoms with Crippen molar-refractivity contribution >= 4 is 5.91 Å². The van der Waals surface area contributed by atoms with E-state index < -0.39 is 0 Å². The number of nitrogens with zero attached hydrogens (tertiary/aromatic N) is 2. The van der Waals surface area contributed by atoms with E-state index in [0.717, 1.165) is 25.9 Å². The number of hydrogen-bond donors (Lipinski definition) is 1. The fourth-order valence-corrected chi connectivity index (χ4v) is 2.68. The molecule has 1 rings (SSSR count). The number of hydrogen-bond acceptors (Lipinski definition) is 3. The molecule has 1 fully saturated rings. The van der Waals surface area contributed by atoms with Crippen LogP contribution in [0, 0.1) is 5.92 Å². The van der Waals surface area contributed by atoms with E-state index in [9.17, 15) is 4.79 Å². The Morgan fingerprint density at radius 3 is 2.39 bits per heavy atom. The van der Waals surface area contributed by atoms with Crippen LogP contribution in [0.3, 0.4) is 0 Å². The maximum atomic E-state index is 12.5. The summed E-state index contributed by atoms with van der Waals surface area (Å²) in [6, 6.07) is 0.166. The largest absolute Gasteiger partial charge is 0.335 e. The quantitative estimate of drug-likeness (QED) is 0.824. The molecule has 0 radical (unpaired) electrons. The molecule has 0 aromatic carbocycles. The summed E-state index contributed by atoms with van der Waals surface area (Å²) in [7, 11) is 2.12. The van der Waals surface area contributed by atoms with Crippen molar-refractivity contribution in [1.29, 1.82) is 0 Å². The monoisotopic (exact) mass is 255 g/mol. The van der Waals surface area contributed by atoms with Crippen LogP contribution in [0.4, 0.5) is 0 Å². The van der Waals surface area contributed by atoms with Gasteiger partial charge in [0, 0.05) is 18.6 Å². The van der Waals surface area contributed by atoms with E-state index in [1.54, 1.807) is 0 Å². The second-order valence-electron chi connectivity index (χ2n) is 6.17. The van der Waals surface area contributed by atoms with Crippen molar-refractivity contribution < 1.29 is 4.79 Å². The van der Waals surface area contributed by atoms with Gasteiger partial charge in [0.2, 0.25) is 5.91 Å². The molecule has 0 aromatic heterocycles. The van der Waals surface area contributed by atoms with Crippen molar-refractivity contribution in [3.05, 3.63) is 0 Å². The molecule has 0 spiro atoms. The second kappa shape index (κ2) is 6.53. The molecule has 0 saturated carbocycles. The van der Waals surface area contributed by atoms with Crippen LogP contribution in [-0.4, -0.2) is 54.0 Å². The summed E-state index contributed by atoms with van der Waals surface area (Å²) in [5, 5.41) is 0. The average Bonchev–Trinajstić information content (AvgIpc) is 2.27. The van der Waals surface area contributed by atoms with Crippen molar-refractivity contribution in [2.45, 2.75) is 58.7 Å². The molecule has 18 heavy (non-hydrogen) atoms. The molecular weight excluding hydrogens is 226 g/mol. The van der Waals surface area contributed by atoms with Gasteiger partial charge in [-0.1, -0.05) is 13.8 Å². The molecule has 2 unspecified atom stereocenters. The van der Waals surface area contributed by atoms with Crippen molar-refractivity contribution in [2.75, 3.05) is 20.1 Å². The van der Waals surface area contributed by atoms with Gasteiger partial charge in [-0.3, -0.25) is 4.79 Å². The van der Waals surface area contributed by atoms with Crippen LogP contribution in [0.2, 0.25) is 0 Å². The summed E-state index contributed by atoms with van der Waals surface area (Å²) in [6.07, 6.45) is 2.26. The number of likely N-dealkylation sites (tertiary alicyclic amines) is 1. The van der Waals surface area contributed by atoms with Gasteiger partial charge >= 0.3 is 0 Å². The summed E-state index contributed by atoms with van der Waals surface area (Å²) in [6.45, 7) is 10.3. The Labute approximate surface area is 111 Å². The van der Waals surface area contributed by atoms with Crippen molar-refractivity contribution in [3.63, 3.8) is 0 Å². The number of likely N-dealkylation sites (N-methyl/N-ethyl adjacent to an activating group) is 1. The second-order valence-corrected chi connectivity index (χ2v) is 6.17. The molecular formula is C14H29N3O. The van der Waals surface area contributed by atoms with E-state index in [-0.39, 0.29) is 23.9 Å². The predicted octanol–water partition coefficient (Wildman–Crippen LogP) is 1.30. The third-order valence-corrected chi connectivity index (χ3v) is 3.81. The van der Waals surface area contributed by atoms with Gasteiger partial charge in [-0.05, 0) is 46.2 Å².